The SMILES string of the molecule is O=C(N[C@@H](Cc1ccc(Cl)cc1)B(O)O)c1cnn(Cc2ccccc2)c1. The van der Waals surface area contributed by atoms with Crippen molar-refractivity contribution in [2.75, 3.05) is 0 Å². The molecule has 3 aromatic rings. The molecule has 0 unspecified atom stereocenters. The monoisotopic (exact) mass is 383 g/mol. The van der Waals surface area contributed by atoms with Crippen LogP contribution in [0.5, 0.6) is 0 Å². The maximum atomic E-state index is 12.5. The minimum absolute atomic E-state index is 0.263. The van der Waals surface area contributed by atoms with Gasteiger partial charge in [0.15, 0.2) is 0 Å². The lowest BCUT2D eigenvalue weighted by Gasteiger charge is -2.17. The molecule has 0 saturated heterocycles. The molecule has 0 saturated carbocycles. The first-order valence-electron chi connectivity index (χ1n) is 8.49. The number of nitrogens with one attached hydrogen (secondary N) is 1. The van der Waals surface area contributed by atoms with Crippen molar-refractivity contribution >= 4 is 24.6 Å². The summed E-state index contributed by atoms with van der Waals surface area (Å²) in [6, 6.07) is 16.8. The van der Waals surface area contributed by atoms with Crippen molar-refractivity contribution in [3.63, 3.8) is 0 Å². The maximum Gasteiger partial charge on any atom is 0.475 e. The van der Waals surface area contributed by atoms with E-state index in [1.54, 1.807) is 35.1 Å². The number of hydrogen-bond donors (Lipinski definition) is 3. The molecular weight excluding hydrogens is 364 g/mol. The molecule has 138 valence electrons. The Kier molecular flexibility index (Phi) is 6.29. The van der Waals surface area contributed by atoms with Gasteiger partial charge in [-0.3, -0.25) is 9.48 Å². The molecule has 2 aromatic carbocycles. The van der Waals surface area contributed by atoms with E-state index in [9.17, 15) is 14.8 Å². The molecule has 1 atom stereocenters. The predicted molar refractivity (Wildman–Crippen MR) is 104 cm³/mol. The largest absolute Gasteiger partial charge is 0.475 e. The van der Waals surface area contributed by atoms with Crippen LogP contribution in [0.15, 0.2) is 67.0 Å². The summed E-state index contributed by atoms with van der Waals surface area (Å²) in [6.45, 7) is 0.547. The van der Waals surface area contributed by atoms with Crippen LogP contribution in [-0.2, 0) is 13.0 Å². The van der Waals surface area contributed by atoms with E-state index in [0.29, 0.717) is 17.1 Å². The number of rotatable bonds is 7. The van der Waals surface area contributed by atoms with Crippen LogP contribution in [0.2, 0.25) is 5.02 Å². The fourth-order valence-corrected chi connectivity index (χ4v) is 2.82. The van der Waals surface area contributed by atoms with Crippen molar-refractivity contribution in [2.45, 2.75) is 18.9 Å². The summed E-state index contributed by atoms with van der Waals surface area (Å²) in [4.78, 5) is 12.5. The van der Waals surface area contributed by atoms with Crippen molar-refractivity contribution in [1.82, 2.24) is 15.1 Å². The summed E-state index contributed by atoms with van der Waals surface area (Å²) in [5, 5.41) is 26.7. The van der Waals surface area contributed by atoms with Crippen molar-refractivity contribution in [3.05, 3.63) is 88.7 Å². The molecule has 6 nitrogen and oxygen atoms in total. The van der Waals surface area contributed by atoms with E-state index < -0.39 is 19.0 Å². The van der Waals surface area contributed by atoms with Gasteiger partial charge < -0.3 is 15.4 Å². The Hall–Kier alpha value is -2.61. The van der Waals surface area contributed by atoms with Crippen LogP contribution < -0.4 is 5.32 Å². The third-order valence-electron chi connectivity index (χ3n) is 4.13. The summed E-state index contributed by atoms with van der Waals surface area (Å²) in [6.07, 6.45) is 3.35. The minimum Gasteiger partial charge on any atom is -0.426 e. The number of carbonyl (C=O) groups is 1. The second-order valence-electron chi connectivity index (χ2n) is 6.24. The topological polar surface area (TPSA) is 87.4 Å². The van der Waals surface area contributed by atoms with Crippen LogP contribution in [-0.4, -0.2) is 38.8 Å². The number of benzene rings is 2. The quantitative estimate of drug-likeness (QED) is 0.544. The first kappa shape index (κ1) is 19.2. The molecule has 1 amide bonds. The van der Waals surface area contributed by atoms with E-state index in [-0.39, 0.29) is 6.42 Å². The van der Waals surface area contributed by atoms with Gasteiger partial charge in [0.2, 0.25) is 0 Å². The van der Waals surface area contributed by atoms with Gasteiger partial charge in [0, 0.05) is 11.2 Å². The Morgan fingerprint density at radius 1 is 1.11 bits per heavy atom. The molecule has 0 aliphatic heterocycles. The molecule has 0 aliphatic carbocycles. The molecule has 8 heteroatoms. The second-order valence-corrected chi connectivity index (χ2v) is 6.67. The lowest BCUT2D eigenvalue weighted by atomic mass is 9.76. The normalized spacial score (nSPS) is 11.8. The zero-order chi connectivity index (χ0) is 19.2. The Morgan fingerprint density at radius 2 is 1.81 bits per heavy atom. The van der Waals surface area contributed by atoms with Crippen molar-refractivity contribution < 1.29 is 14.8 Å². The summed E-state index contributed by atoms with van der Waals surface area (Å²) in [5.41, 5.74) is 2.25. The van der Waals surface area contributed by atoms with Crippen LogP contribution >= 0.6 is 11.6 Å². The van der Waals surface area contributed by atoms with Gasteiger partial charge in [-0.2, -0.15) is 5.10 Å². The average molecular weight is 384 g/mol. The third kappa shape index (κ3) is 5.43. The van der Waals surface area contributed by atoms with Crippen LogP contribution in [0.4, 0.5) is 0 Å². The van der Waals surface area contributed by atoms with E-state index >= 15 is 0 Å². The molecule has 0 radical (unpaired) electrons. The minimum atomic E-state index is -1.69. The molecule has 1 aromatic heterocycles. The van der Waals surface area contributed by atoms with E-state index in [2.05, 4.69) is 10.4 Å². The highest BCUT2D eigenvalue weighted by Crippen LogP contribution is 2.12. The average Bonchev–Trinajstić information content (AvgIpc) is 3.12. The highest BCUT2D eigenvalue weighted by atomic mass is 35.5. The Bertz CT molecular complexity index is 885. The molecule has 0 fully saturated rings. The van der Waals surface area contributed by atoms with Crippen LogP contribution in [0.1, 0.15) is 21.5 Å². The molecule has 1 heterocycles. The summed E-state index contributed by atoms with van der Waals surface area (Å²) in [7, 11) is -1.69. The molecule has 0 bridgehead atoms. The Balaban J connectivity index is 1.64. The fourth-order valence-electron chi connectivity index (χ4n) is 2.69. The highest BCUT2D eigenvalue weighted by Gasteiger charge is 2.26. The maximum absolute atomic E-state index is 12.5. The smallest absolute Gasteiger partial charge is 0.426 e. The van der Waals surface area contributed by atoms with Crippen molar-refractivity contribution in [3.8, 4) is 0 Å². The van der Waals surface area contributed by atoms with Gasteiger partial charge in [0.25, 0.3) is 5.91 Å². The standard InChI is InChI=1S/C19H19BClN3O3/c21-17-8-6-14(7-9-17)10-18(20(26)27)23-19(25)16-11-22-24(13-16)12-15-4-2-1-3-5-15/h1-9,11,13,18,26-27H,10,12H2,(H,23,25)/t18-/m0/s1. The number of aromatic nitrogens is 2. The summed E-state index contributed by atoms with van der Waals surface area (Å²) >= 11 is 5.86. The van der Waals surface area contributed by atoms with Gasteiger partial charge in [-0.25, -0.2) is 0 Å². The molecule has 3 rings (SSSR count). The molecule has 0 spiro atoms. The molecule has 0 aliphatic rings. The molecular formula is C19H19BClN3O3. The molecule has 27 heavy (non-hydrogen) atoms. The van der Waals surface area contributed by atoms with Crippen LogP contribution in [0, 0.1) is 0 Å². The zero-order valence-electron chi connectivity index (χ0n) is 14.5. The second kappa shape index (κ2) is 8.86. The van der Waals surface area contributed by atoms with Gasteiger partial charge in [-0.05, 0) is 29.7 Å². The van der Waals surface area contributed by atoms with E-state index in [0.717, 1.165) is 11.1 Å². The van der Waals surface area contributed by atoms with Crippen molar-refractivity contribution in [1.29, 1.82) is 0 Å². The number of nitrogens with zero attached hydrogens (tertiary/aromatic N) is 2. The fraction of sp³-hybridized carbons (Fsp3) is 0.158. The van der Waals surface area contributed by atoms with Gasteiger partial charge in [-0.15, -0.1) is 0 Å². The van der Waals surface area contributed by atoms with E-state index in [1.165, 1.54) is 6.20 Å². The van der Waals surface area contributed by atoms with Gasteiger partial charge in [0.1, 0.15) is 0 Å². The number of carbonyl (C=O) groups excluding carboxylic acids is 1. The van der Waals surface area contributed by atoms with E-state index in [1.807, 2.05) is 30.3 Å². The van der Waals surface area contributed by atoms with Crippen molar-refractivity contribution in [2.24, 2.45) is 0 Å². The lowest BCUT2D eigenvalue weighted by molar-refractivity contribution is 0.0942. The first-order valence-corrected chi connectivity index (χ1v) is 8.87. The van der Waals surface area contributed by atoms with Gasteiger partial charge in [0.05, 0.1) is 24.2 Å². The third-order valence-corrected chi connectivity index (χ3v) is 4.38. The number of amides is 1. The highest BCUT2D eigenvalue weighted by molar-refractivity contribution is 6.43. The molecule has 3 N–H and O–H groups in total. The van der Waals surface area contributed by atoms with Gasteiger partial charge in [-0.1, -0.05) is 54.1 Å². The zero-order valence-corrected chi connectivity index (χ0v) is 15.3. The number of halogens is 1. The summed E-state index contributed by atoms with van der Waals surface area (Å²) in [5.74, 6) is -1.27. The van der Waals surface area contributed by atoms with Crippen LogP contribution in [0.3, 0.4) is 0 Å². The van der Waals surface area contributed by atoms with Gasteiger partial charge >= 0.3 is 7.12 Å². The number of hydrogen-bond acceptors (Lipinski definition) is 4. The lowest BCUT2D eigenvalue weighted by Crippen LogP contribution is -2.47. The van der Waals surface area contributed by atoms with E-state index in [4.69, 9.17) is 11.6 Å². The summed E-state index contributed by atoms with van der Waals surface area (Å²) < 4.78 is 1.66. The van der Waals surface area contributed by atoms with Crippen LogP contribution in [0.25, 0.3) is 0 Å². The predicted octanol–water partition coefficient (Wildman–Crippen LogP) is 1.94. The first-order chi connectivity index (χ1) is 13.0. The Morgan fingerprint density at radius 3 is 2.48 bits per heavy atom. The Labute approximate surface area is 162 Å².